The Morgan fingerprint density at radius 2 is 2.38 bits per heavy atom. The molecule has 1 aliphatic heterocycles. The first-order valence-electron chi connectivity index (χ1n) is 4.06. The predicted octanol–water partition coefficient (Wildman–Crippen LogP) is 1.36. The van der Waals surface area contributed by atoms with Crippen LogP contribution in [0.15, 0.2) is 24.5 Å². The summed E-state index contributed by atoms with van der Waals surface area (Å²) in [4.78, 5) is 3.11. The molecule has 1 aliphatic rings. The van der Waals surface area contributed by atoms with Gasteiger partial charge in [-0.3, -0.25) is 0 Å². The second-order valence-electron chi connectivity index (χ2n) is 2.90. The first kappa shape index (κ1) is 6.65. The molecule has 0 fully saturated rings. The summed E-state index contributed by atoms with van der Waals surface area (Å²) in [5.41, 5.74) is 2.98. The van der Waals surface area contributed by atoms with E-state index in [-0.39, 0.29) is 0 Å². The molecule has 2 aromatic rings. The number of hydrogen-bond donors (Lipinski definition) is 1. The van der Waals surface area contributed by atoms with Crippen molar-refractivity contribution in [1.29, 1.82) is 0 Å². The van der Waals surface area contributed by atoms with Gasteiger partial charge < -0.3 is 9.72 Å². The van der Waals surface area contributed by atoms with Gasteiger partial charge in [-0.2, -0.15) is 5.10 Å². The van der Waals surface area contributed by atoms with E-state index >= 15 is 0 Å². The molecule has 0 aromatic carbocycles. The average Bonchev–Trinajstić information content (AvgIpc) is 2.65. The van der Waals surface area contributed by atoms with Crippen molar-refractivity contribution in [3.8, 4) is 17.0 Å². The highest BCUT2D eigenvalue weighted by Gasteiger charge is 2.18. The number of fused-ring (bicyclic) bond motifs is 3. The van der Waals surface area contributed by atoms with Crippen LogP contribution >= 0.6 is 0 Å². The number of aromatic amines is 1. The van der Waals surface area contributed by atoms with Crippen molar-refractivity contribution < 1.29 is 4.74 Å². The summed E-state index contributed by atoms with van der Waals surface area (Å²) in [5, 5.41) is 7.87. The molecule has 13 heavy (non-hydrogen) atoms. The van der Waals surface area contributed by atoms with Gasteiger partial charge in [0.15, 0.2) is 0 Å². The van der Waals surface area contributed by atoms with Gasteiger partial charge in [-0.25, -0.2) is 0 Å². The maximum absolute atomic E-state index is 5.47. The molecule has 4 nitrogen and oxygen atoms in total. The first-order chi connectivity index (χ1) is 6.45. The molecule has 0 aliphatic carbocycles. The largest absolute Gasteiger partial charge is 0.485 e. The van der Waals surface area contributed by atoms with E-state index in [0.717, 1.165) is 22.7 Å². The number of hydrogen-bond acceptors (Lipinski definition) is 3. The summed E-state index contributed by atoms with van der Waals surface area (Å²) in [6.45, 7) is 0.584. The molecule has 0 saturated carbocycles. The molecule has 0 saturated heterocycles. The van der Waals surface area contributed by atoms with Crippen LogP contribution in [0.4, 0.5) is 0 Å². The number of rotatable bonds is 0. The van der Waals surface area contributed by atoms with Gasteiger partial charge in [-0.15, -0.1) is 5.10 Å². The molecule has 3 rings (SSSR count). The van der Waals surface area contributed by atoms with E-state index < -0.39 is 0 Å². The first-order valence-corrected chi connectivity index (χ1v) is 4.06. The summed E-state index contributed by atoms with van der Waals surface area (Å²) in [7, 11) is 0. The Bertz CT molecular complexity index is 450. The quantitative estimate of drug-likeness (QED) is 0.654. The Morgan fingerprint density at radius 1 is 1.38 bits per heavy atom. The summed E-state index contributed by atoms with van der Waals surface area (Å²) < 4.78 is 5.47. The topological polar surface area (TPSA) is 50.8 Å². The fourth-order valence-corrected chi connectivity index (χ4v) is 1.52. The standard InChI is InChI=1S/C9H7N3O/c1-3-10-7-5-13-8-2-4-11-12-9(8)6(1)7/h1-4,10H,5H2. The summed E-state index contributed by atoms with van der Waals surface area (Å²) in [5.74, 6) is 0.808. The molecular formula is C9H7N3O. The Balaban J connectivity index is 2.30. The number of ether oxygens (including phenoxy) is 1. The fraction of sp³-hybridized carbons (Fsp3) is 0.111. The average molecular weight is 173 g/mol. The highest BCUT2D eigenvalue weighted by Crippen LogP contribution is 2.33. The Hall–Kier alpha value is -1.84. The van der Waals surface area contributed by atoms with E-state index in [1.807, 2.05) is 18.3 Å². The van der Waals surface area contributed by atoms with E-state index in [1.165, 1.54) is 0 Å². The zero-order valence-corrected chi connectivity index (χ0v) is 6.82. The minimum absolute atomic E-state index is 0.584. The van der Waals surface area contributed by atoms with Crippen LogP contribution in [-0.2, 0) is 6.61 Å². The molecule has 4 heteroatoms. The number of H-pyrrole nitrogens is 1. The number of nitrogens with zero attached hydrogens (tertiary/aromatic N) is 2. The van der Waals surface area contributed by atoms with Crippen LogP contribution in [0.1, 0.15) is 5.69 Å². The molecule has 1 N–H and O–H groups in total. The summed E-state index contributed by atoms with van der Waals surface area (Å²) in [6, 6.07) is 3.82. The van der Waals surface area contributed by atoms with Crippen molar-refractivity contribution in [2.24, 2.45) is 0 Å². The fourth-order valence-electron chi connectivity index (χ4n) is 1.52. The van der Waals surface area contributed by atoms with E-state index in [0.29, 0.717) is 6.61 Å². The number of aromatic nitrogens is 3. The third kappa shape index (κ3) is 0.853. The summed E-state index contributed by atoms with van der Waals surface area (Å²) in [6.07, 6.45) is 3.52. The van der Waals surface area contributed by atoms with Crippen molar-refractivity contribution in [1.82, 2.24) is 15.2 Å². The highest BCUT2D eigenvalue weighted by atomic mass is 16.5. The lowest BCUT2D eigenvalue weighted by atomic mass is 10.1. The highest BCUT2D eigenvalue weighted by molar-refractivity contribution is 5.69. The van der Waals surface area contributed by atoms with Crippen LogP contribution in [0.25, 0.3) is 11.3 Å². The third-order valence-corrected chi connectivity index (χ3v) is 2.14. The summed E-state index contributed by atoms with van der Waals surface area (Å²) >= 11 is 0. The smallest absolute Gasteiger partial charge is 0.149 e. The SMILES string of the molecule is c1cc2c(nn1)-c1cc[nH]c1CO2. The van der Waals surface area contributed by atoms with Crippen molar-refractivity contribution in [2.75, 3.05) is 0 Å². The molecule has 0 atom stereocenters. The number of nitrogens with one attached hydrogen (secondary N) is 1. The molecule has 0 radical (unpaired) electrons. The van der Waals surface area contributed by atoms with Crippen LogP contribution in [0.5, 0.6) is 5.75 Å². The van der Waals surface area contributed by atoms with Crippen molar-refractivity contribution in [3.63, 3.8) is 0 Å². The lowest BCUT2D eigenvalue weighted by molar-refractivity contribution is 0.296. The third-order valence-electron chi connectivity index (χ3n) is 2.14. The van der Waals surface area contributed by atoms with Crippen molar-refractivity contribution >= 4 is 0 Å². The van der Waals surface area contributed by atoms with Gasteiger partial charge in [0.2, 0.25) is 0 Å². The lowest BCUT2D eigenvalue weighted by Crippen LogP contribution is -2.06. The van der Waals surface area contributed by atoms with Crippen molar-refractivity contribution in [2.45, 2.75) is 6.61 Å². The minimum atomic E-state index is 0.584. The molecule has 0 spiro atoms. The Kier molecular flexibility index (Phi) is 1.19. The van der Waals surface area contributed by atoms with Crippen LogP contribution in [0.3, 0.4) is 0 Å². The maximum Gasteiger partial charge on any atom is 0.149 e. The lowest BCUT2D eigenvalue weighted by Gasteiger charge is -2.15. The van der Waals surface area contributed by atoms with Crippen LogP contribution in [-0.4, -0.2) is 15.2 Å². The minimum Gasteiger partial charge on any atom is -0.485 e. The Labute approximate surface area is 74.6 Å². The second kappa shape index (κ2) is 2.32. The van der Waals surface area contributed by atoms with Gasteiger partial charge in [0.1, 0.15) is 18.1 Å². The van der Waals surface area contributed by atoms with Crippen LogP contribution < -0.4 is 4.74 Å². The molecule has 0 amide bonds. The van der Waals surface area contributed by atoms with E-state index in [1.54, 1.807) is 6.20 Å². The van der Waals surface area contributed by atoms with Crippen LogP contribution in [0, 0.1) is 0 Å². The molecule has 0 unspecified atom stereocenters. The zero-order valence-electron chi connectivity index (χ0n) is 6.82. The molecular weight excluding hydrogens is 166 g/mol. The molecule has 3 heterocycles. The van der Waals surface area contributed by atoms with Gasteiger partial charge in [0.05, 0.1) is 11.9 Å². The van der Waals surface area contributed by atoms with Gasteiger partial charge in [0, 0.05) is 17.8 Å². The molecule has 0 bridgehead atoms. The van der Waals surface area contributed by atoms with Gasteiger partial charge in [-0.05, 0) is 6.07 Å². The van der Waals surface area contributed by atoms with Crippen molar-refractivity contribution in [3.05, 3.63) is 30.2 Å². The Morgan fingerprint density at radius 3 is 3.38 bits per heavy atom. The van der Waals surface area contributed by atoms with Gasteiger partial charge >= 0.3 is 0 Å². The van der Waals surface area contributed by atoms with Gasteiger partial charge in [0.25, 0.3) is 0 Å². The van der Waals surface area contributed by atoms with E-state index in [9.17, 15) is 0 Å². The van der Waals surface area contributed by atoms with E-state index in [2.05, 4.69) is 15.2 Å². The monoisotopic (exact) mass is 173 g/mol. The normalized spacial score (nSPS) is 12.9. The van der Waals surface area contributed by atoms with E-state index in [4.69, 9.17) is 4.74 Å². The maximum atomic E-state index is 5.47. The second-order valence-corrected chi connectivity index (χ2v) is 2.90. The molecule has 64 valence electrons. The molecule has 2 aromatic heterocycles. The predicted molar refractivity (Wildman–Crippen MR) is 46.2 cm³/mol. The van der Waals surface area contributed by atoms with Crippen LogP contribution in [0.2, 0.25) is 0 Å². The van der Waals surface area contributed by atoms with Gasteiger partial charge in [-0.1, -0.05) is 0 Å². The zero-order chi connectivity index (χ0) is 8.67.